The summed E-state index contributed by atoms with van der Waals surface area (Å²) in [4.78, 5) is 0. The molecule has 1 atom stereocenters. The Hall–Kier alpha value is -0.860. The molecule has 1 N–H and O–H groups in total. The van der Waals surface area contributed by atoms with Crippen LogP contribution in [-0.2, 0) is 11.2 Å². The lowest BCUT2D eigenvalue weighted by Gasteiger charge is -2.26. The van der Waals surface area contributed by atoms with E-state index in [1.165, 1.54) is 11.1 Å². The number of ether oxygens (including phenoxy) is 1. The molecule has 1 aromatic carbocycles. The lowest BCUT2D eigenvalue weighted by atomic mass is 10.00. The Bertz CT molecular complexity index is 298. The van der Waals surface area contributed by atoms with Crippen molar-refractivity contribution in [2.24, 2.45) is 0 Å². The van der Waals surface area contributed by atoms with Crippen molar-refractivity contribution in [3.05, 3.63) is 35.4 Å². The Labute approximate surface area is 85.3 Å². The molecule has 0 amide bonds. The van der Waals surface area contributed by atoms with E-state index in [1.807, 2.05) is 0 Å². The van der Waals surface area contributed by atoms with Gasteiger partial charge >= 0.3 is 0 Å². The third-order valence-corrected chi connectivity index (χ3v) is 2.55. The molecule has 0 bridgehead atoms. The van der Waals surface area contributed by atoms with E-state index in [4.69, 9.17) is 4.74 Å². The minimum absolute atomic E-state index is 0.111. The van der Waals surface area contributed by atoms with Crippen LogP contribution >= 0.6 is 0 Å². The number of nitrogens with one attached hydrogen (secondary N) is 1. The summed E-state index contributed by atoms with van der Waals surface area (Å²) in [6.07, 6.45) is 2.29. The van der Waals surface area contributed by atoms with Crippen LogP contribution in [0.15, 0.2) is 24.3 Å². The summed E-state index contributed by atoms with van der Waals surface area (Å²) in [5, 5.41) is 3.39. The van der Waals surface area contributed by atoms with Crippen LogP contribution in [0.4, 0.5) is 0 Å². The fourth-order valence-corrected chi connectivity index (χ4v) is 1.85. The van der Waals surface area contributed by atoms with Gasteiger partial charge in [0.05, 0.1) is 0 Å². The molecule has 0 aromatic heterocycles. The predicted octanol–water partition coefficient (Wildman–Crippen LogP) is 2.26. The second kappa shape index (κ2) is 4.58. The molecule has 2 rings (SSSR count). The minimum Gasteiger partial charge on any atom is -0.359 e. The Morgan fingerprint density at radius 3 is 3.14 bits per heavy atom. The molecular formula is C12H17NO. The van der Waals surface area contributed by atoms with E-state index in [-0.39, 0.29) is 6.23 Å². The second-order valence-electron chi connectivity index (χ2n) is 3.65. The maximum Gasteiger partial charge on any atom is 0.134 e. The summed E-state index contributed by atoms with van der Waals surface area (Å²) >= 11 is 0. The van der Waals surface area contributed by atoms with Gasteiger partial charge in [-0.3, -0.25) is 5.32 Å². The molecule has 0 aliphatic carbocycles. The number of fused-ring (bicyclic) bond motifs is 1. The van der Waals surface area contributed by atoms with Crippen LogP contribution in [0.2, 0.25) is 0 Å². The van der Waals surface area contributed by atoms with E-state index in [0.29, 0.717) is 0 Å². The lowest BCUT2D eigenvalue weighted by molar-refractivity contribution is 0.0246. The molecule has 0 radical (unpaired) electrons. The van der Waals surface area contributed by atoms with Gasteiger partial charge in [0.25, 0.3) is 0 Å². The van der Waals surface area contributed by atoms with Gasteiger partial charge in [-0.15, -0.1) is 0 Å². The SMILES string of the molecule is CCCOC1NCCc2ccccc21. The molecule has 14 heavy (non-hydrogen) atoms. The maximum absolute atomic E-state index is 5.75. The number of hydrogen-bond acceptors (Lipinski definition) is 2. The number of benzene rings is 1. The first-order valence-corrected chi connectivity index (χ1v) is 5.34. The summed E-state index contributed by atoms with van der Waals surface area (Å²) in [6.45, 7) is 3.98. The van der Waals surface area contributed by atoms with Crippen LogP contribution in [0.3, 0.4) is 0 Å². The highest BCUT2D eigenvalue weighted by molar-refractivity contribution is 5.30. The predicted molar refractivity (Wildman–Crippen MR) is 57.1 cm³/mol. The monoisotopic (exact) mass is 191 g/mol. The smallest absolute Gasteiger partial charge is 0.134 e. The molecule has 1 unspecified atom stereocenters. The normalized spacial score (nSPS) is 20.5. The molecule has 2 nitrogen and oxygen atoms in total. The minimum atomic E-state index is 0.111. The summed E-state index contributed by atoms with van der Waals surface area (Å²) in [5.74, 6) is 0. The van der Waals surface area contributed by atoms with E-state index in [2.05, 4.69) is 36.5 Å². The molecule has 1 aromatic rings. The molecule has 76 valence electrons. The van der Waals surface area contributed by atoms with Gasteiger partial charge in [-0.25, -0.2) is 0 Å². The van der Waals surface area contributed by atoms with Crippen molar-refractivity contribution >= 4 is 0 Å². The van der Waals surface area contributed by atoms with E-state index in [9.17, 15) is 0 Å². The zero-order valence-electron chi connectivity index (χ0n) is 8.62. The van der Waals surface area contributed by atoms with Gasteiger partial charge in [-0.2, -0.15) is 0 Å². The topological polar surface area (TPSA) is 21.3 Å². The van der Waals surface area contributed by atoms with Gasteiger partial charge in [-0.1, -0.05) is 31.2 Å². The molecule has 0 fully saturated rings. The van der Waals surface area contributed by atoms with Crippen molar-refractivity contribution in [3.63, 3.8) is 0 Å². The molecule has 1 heterocycles. The molecule has 0 saturated heterocycles. The fourth-order valence-electron chi connectivity index (χ4n) is 1.85. The second-order valence-corrected chi connectivity index (χ2v) is 3.65. The molecule has 0 saturated carbocycles. The number of rotatable bonds is 3. The van der Waals surface area contributed by atoms with Gasteiger partial charge in [0.1, 0.15) is 6.23 Å². The summed E-state index contributed by atoms with van der Waals surface area (Å²) in [7, 11) is 0. The zero-order valence-corrected chi connectivity index (χ0v) is 8.62. The van der Waals surface area contributed by atoms with E-state index >= 15 is 0 Å². The lowest BCUT2D eigenvalue weighted by Crippen LogP contribution is -2.31. The highest BCUT2D eigenvalue weighted by atomic mass is 16.5. The molecular weight excluding hydrogens is 174 g/mol. The highest BCUT2D eigenvalue weighted by Gasteiger charge is 2.18. The van der Waals surface area contributed by atoms with Crippen molar-refractivity contribution in [1.82, 2.24) is 5.32 Å². The third kappa shape index (κ3) is 1.97. The average molecular weight is 191 g/mol. The van der Waals surface area contributed by atoms with Crippen LogP contribution in [0.5, 0.6) is 0 Å². The average Bonchev–Trinajstić information content (AvgIpc) is 2.26. The third-order valence-electron chi connectivity index (χ3n) is 2.55. The standard InChI is InChI=1S/C12H17NO/c1-2-9-14-12-11-6-4-3-5-10(11)7-8-13-12/h3-6,12-13H,2,7-9H2,1H3. The number of hydrogen-bond donors (Lipinski definition) is 1. The van der Waals surface area contributed by atoms with Gasteiger partial charge in [0, 0.05) is 13.2 Å². The summed E-state index contributed by atoms with van der Waals surface area (Å²) < 4.78 is 5.75. The van der Waals surface area contributed by atoms with Crippen LogP contribution in [0.1, 0.15) is 30.7 Å². The van der Waals surface area contributed by atoms with Crippen LogP contribution in [0.25, 0.3) is 0 Å². The summed E-state index contributed by atoms with van der Waals surface area (Å²) in [5.41, 5.74) is 2.74. The van der Waals surface area contributed by atoms with E-state index < -0.39 is 0 Å². The van der Waals surface area contributed by atoms with Crippen molar-refractivity contribution in [2.75, 3.05) is 13.2 Å². The van der Waals surface area contributed by atoms with Crippen LogP contribution < -0.4 is 5.32 Å². The van der Waals surface area contributed by atoms with Gasteiger partial charge < -0.3 is 4.74 Å². The first-order chi connectivity index (χ1) is 6.92. The van der Waals surface area contributed by atoms with E-state index in [0.717, 1.165) is 26.0 Å². The summed E-state index contributed by atoms with van der Waals surface area (Å²) in [6, 6.07) is 8.52. The molecule has 1 aliphatic rings. The van der Waals surface area contributed by atoms with Crippen LogP contribution in [0, 0.1) is 0 Å². The molecule has 0 spiro atoms. The highest BCUT2D eigenvalue weighted by Crippen LogP contribution is 2.23. The first kappa shape index (κ1) is 9.69. The van der Waals surface area contributed by atoms with Gasteiger partial charge in [0.2, 0.25) is 0 Å². The fraction of sp³-hybridized carbons (Fsp3) is 0.500. The van der Waals surface area contributed by atoms with Crippen LogP contribution in [-0.4, -0.2) is 13.2 Å². The Balaban J connectivity index is 2.14. The first-order valence-electron chi connectivity index (χ1n) is 5.34. The maximum atomic E-state index is 5.75. The Morgan fingerprint density at radius 1 is 1.43 bits per heavy atom. The Kier molecular flexibility index (Phi) is 3.17. The van der Waals surface area contributed by atoms with Crippen molar-refractivity contribution in [3.8, 4) is 0 Å². The van der Waals surface area contributed by atoms with Gasteiger partial charge in [0.15, 0.2) is 0 Å². The Morgan fingerprint density at radius 2 is 2.29 bits per heavy atom. The quantitative estimate of drug-likeness (QED) is 0.791. The van der Waals surface area contributed by atoms with Crippen molar-refractivity contribution in [2.45, 2.75) is 26.0 Å². The van der Waals surface area contributed by atoms with Crippen molar-refractivity contribution < 1.29 is 4.74 Å². The molecule has 2 heteroatoms. The largest absolute Gasteiger partial charge is 0.359 e. The van der Waals surface area contributed by atoms with Gasteiger partial charge in [-0.05, 0) is 24.0 Å². The van der Waals surface area contributed by atoms with E-state index in [1.54, 1.807) is 0 Å². The van der Waals surface area contributed by atoms with Crippen molar-refractivity contribution in [1.29, 1.82) is 0 Å². The molecule has 1 aliphatic heterocycles. The zero-order chi connectivity index (χ0) is 9.80.